The minimum absolute atomic E-state index is 0.230. The van der Waals surface area contributed by atoms with Crippen LogP contribution in [0.1, 0.15) is 31.4 Å². The molecular formula is C17H21BrN4. The summed E-state index contributed by atoms with van der Waals surface area (Å²) in [4.78, 5) is 13.6. The Morgan fingerprint density at radius 3 is 2.45 bits per heavy atom. The highest BCUT2D eigenvalue weighted by Gasteiger charge is 2.16. The minimum atomic E-state index is 0.230. The van der Waals surface area contributed by atoms with E-state index in [1.165, 1.54) is 18.4 Å². The quantitative estimate of drug-likeness (QED) is 0.823. The normalized spacial score (nSPS) is 15.9. The molecule has 0 aliphatic carbocycles. The summed E-state index contributed by atoms with van der Waals surface area (Å²) in [7, 11) is 2.06. The Morgan fingerprint density at radius 2 is 1.86 bits per heavy atom. The lowest BCUT2D eigenvalue weighted by Gasteiger charge is -2.26. The van der Waals surface area contributed by atoms with Crippen LogP contribution in [0.4, 0.5) is 11.6 Å². The first-order valence-corrected chi connectivity index (χ1v) is 8.50. The van der Waals surface area contributed by atoms with Gasteiger partial charge in [-0.25, -0.2) is 9.97 Å². The summed E-state index contributed by atoms with van der Waals surface area (Å²) in [6, 6.07) is 8.59. The molecule has 0 radical (unpaired) electrons. The van der Waals surface area contributed by atoms with Crippen LogP contribution < -0.4 is 9.80 Å². The fourth-order valence-electron chi connectivity index (χ4n) is 2.78. The van der Waals surface area contributed by atoms with Crippen LogP contribution in [-0.2, 0) is 0 Å². The molecule has 5 heteroatoms. The molecule has 3 heterocycles. The molecule has 1 atom stereocenters. The molecule has 2 aromatic rings. The zero-order chi connectivity index (χ0) is 15.5. The van der Waals surface area contributed by atoms with E-state index in [1.807, 2.05) is 24.5 Å². The van der Waals surface area contributed by atoms with Crippen LogP contribution in [0, 0.1) is 0 Å². The number of pyridine rings is 2. The van der Waals surface area contributed by atoms with E-state index < -0.39 is 0 Å². The molecular weight excluding hydrogens is 340 g/mol. The smallest absolute Gasteiger partial charge is 0.128 e. The van der Waals surface area contributed by atoms with Crippen molar-refractivity contribution in [2.45, 2.75) is 25.8 Å². The fraction of sp³-hybridized carbons (Fsp3) is 0.412. The zero-order valence-corrected chi connectivity index (χ0v) is 14.6. The molecule has 1 fully saturated rings. The topological polar surface area (TPSA) is 32.3 Å². The monoisotopic (exact) mass is 360 g/mol. The molecule has 1 saturated heterocycles. The molecule has 116 valence electrons. The van der Waals surface area contributed by atoms with Crippen LogP contribution in [0.5, 0.6) is 0 Å². The third kappa shape index (κ3) is 3.24. The van der Waals surface area contributed by atoms with Gasteiger partial charge < -0.3 is 9.80 Å². The first-order valence-electron chi connectivity index (χ1n) is 7.70. The van der Waals surface area contributed by atoms with Crippen LogP contribution >= 0.6 is 15.9 Å². The van der Waals surface area contributed by atoms with E-state index in [4.69, 9.17) is 0 Å². The van der Waals surface area contributed by atoms with E-state index in [0.29, 0.717) is 0 Å². The average molecular weight is 361 g/mol. The van der Waals surface area contributed by atoms with Crippen molar-refractivity contribution < 1.29 is 0 Å². The standard InChI is InChI=1S/C17H21BrN4/c1-13(21(2)16-8-6-15(18)12-20-16)14-5-7-17(19-11-14)22-9-3-4-10-22/h5-8,11-13H,3-4,9-10H2,1-2H3. The van der Waals surface area contributed by atoms with Crippen LogP contribution in [0.3, 0.4) is 0 Å². The van der Waals surface area contributed by atoms with Gasteiger partial charge in [-0.2, -0.15) is 0 Å². The highest BCUT2D eigenvalue weighted by atomic mass is 79.9. The third-order valence-electron chi connectivity index (χ3n) is 4.34. The number of hydrogen-bond acceptors (Lipinski definition) is 4. The van der Waals surface area contributed by atoms with Crippen LogP contribution in [-0.4, -0.2) is 30.1 Å². The molecule has 0 bridgehead atoms. The maximum absolute atomic E-state index is 4.64. The first kappa shape index (κ1) is 15.3. The van der Waals surface area contributed by atoms with E-state index in [-0.39, 0.29) is 6.04 Å². The third-order valence-corrected chi connectivity index (χ3v) is 4.81. The molecule has 0 N–H and O–H groups in total. The molecule has 3 rings (SSSR count). The lowest BCUT2D eigenvalue weighted by Crippen LogP contribution is -2.23. The highest BCUT2D eigenvalue weighted by molar-refractivity contribution is 9.10. The second-order valence-corrected chi connectivity index (χ2v) is 6.68. The van der Waals surface area contributed by atoms with Gasteiger partial charge in [0.05, 0.1) is 6.04 Å². The summed E-state index contributed by atoms with van der Waals surface area (Å²) < 4.78 is 0.994. The number of anilines is 2. The maximum atomic E-state index is 4.64. The molecule has 0 amide bonds. The van der Waals surface area contributed by atoms with Gasteiger partial charge in [-0.3, -0.25) is 0 Å². The van der Waals surface area contributed by atoms with Gasteiger partial charge in [0, 0.05) is 37.0 Å². The van der Waals surface area contributed by atoms with E-state index in [2.05, 4.69) is 61.8 Å². The Bertz CT molecular complexity index is 606. The maximum Gasteiger partial charge on any atom is 0.128 e. The van der Waals surface area contributed by atoms with Gasteiger partial charge >= 0.3 is 0 Å². The predicted octanol–water partition coefficient (Wildman–Crippen LogP) is 4.04. The zero-order valence-electron chi connectivity index (χ0n) is 13.0. The van der Waals surface area contributed by atoms with Gasteiger partial charge in [-0.1, -0.05) is 6.07 Å². The molecule has 0 aromatic carbocycles. The summed E-state index contributed by atoms with van der Waals surface area (Å²) >= 11 is 3.42. The first-order chi connectivity index (χ1) is 10.6. The van der Waals surface area contributed by atoms with Crippen LogP contribution in [0.15, 0.2) is 41.1 Å². The van der Waals surface area contributed by atoms with E-state index in [0.717, 1.165) is 29.2 Å². The predicted molar refractivity (Wildman–Crippen MR) is 94.4 cm³/mol. The van der Waals surface area contributed by atoms with E-state index in [1.54, 1.807) is 0 Å². The SMILES string of the molecule is CC(c1ccc(N2CCCC2)nc1)N(C)c1ccc(Br)cn1. The second-order valence-electron chi connectivity index (χ2n) is 5.77. The van der Waals surface area contributed by atoms with Crippen molar-refractivity contribution in [1.29, 1.82) is 0 Å². The van der Waals surface area contributed by atoms with Crippen molar-refractivity contribution in [3.63, 3.8) is 0 Å². The molecule has 4 nitrogen and oxygen atoms in total. The van der Waals surface area contributed by atoms with E-state index in [9.17, 15) is 0 Å². The van der Waals surface area contributed by atoms with Crippen LogP contribution in [0.2, 0.25) is 0 Å². The van der Waals surface area contributed by atoms with Gasteiger partial charge in [-0.05, 0) is 59.5 Å². The van der Waals surface area contributed by atoms with Crippen molar-refractivity contribution in [2.24, 2.45) is 0 Å². The fourth-order valence-corrected chi connectivity index (χ4v) is 3.01. The average Bonchev–Trinajstić information content (AvgIpc) is 3.09. The number of aromatic nitrogens is 2. The van der Waals surface area contributed by atoms with Gasteiger partial charge in [0.25, 0.3) is 0 Å². The molecule has 1 aliphatic rings. The largest absolute Gasteiger partial charge is 0.357 e. The molecule has 22 heavy (non-hydrogen) atoms. The van der Waals surface area contributed by atoms with Crippen molar-refractivity contribution in [1.82, 2.24) is 9.97 Å². The van der Waals surface area contributed by atoms with Gasteiger partial charge in [-0.15, -0.1) is 0 Å². The van der Waals surface area contributed by atoms with Crippen LogP contribution in [0.25, 0.3) is 0 Å². The number of hydrogen-bond donors (Lipinski definition) is 0. The van der Waals surface area contributed by atoms with Gasteiger partial charge in [0.2, 0.25) is 0 Å². The summed E-state index contributed by atoms with van der Waals surface area (Å²) in [6.07, 6.45) is 6.37. The summed E-state index contributed by atoms with van der Waals surface area (Å²) in [5.74, 6) is 2.05. The Labute approximate surface area is 140 Å². The van der Waals surface area contributed by atoms with E-state index >= 15 is 0 Å². The number of rotatable bonds is 4. The molecule has 0 spiro atoms. The highest BCUT2D eigenvalue weighted by Crippen LogP contribution is 2.26. The lowest BCUT2D eigenvalue weighted by atomic mass is 10.1. The molecule has 1 unspecified atom stereocenters. The van der Waals surface area contributed by atoms with Crippen molar-refractivity contribution in [3.05, 3.63) is 46.7 Å². The molecule has 2 aromatic heterocycles. The lowest BCUT2D eigenvalue weighted by molar-refractivity contribution is 0.724. The number of halogens is 1. The summed E-state index contributed by atoms with van der Waals surface area (Å²) in [5, 5.41) is 0. The second kappa shape index (κ2) is 6.65. The summed E-state index contributed by atoms with van der Waals surface area (Å²) in [6.45, 7) is 4.44. The van der Waals surface area contributed by atoms with Crippen molar-refractivity contribution >= 4 is 27.6 Å². The van der Waals surface area contributed by atoms with Gasteiger partial charge in [0.1, 0.15) is 11.6 Å². The minimum Gasteiger partial charge on any atom is -0.357 e. The summed E-state index contributed by atoms with van der Waals surface area (Å²) in [5.41, 5.74) is 1.20. The van der Waals surface area contributed by atoms with Crippen molar-refractivity contribution in [2.75, 3.05) is 29.9 Å². The number of nitrogens with zero attached hydrogens (tertiary/aromatic N) is 4. The van der Waals surface area contributed by atoms with Crippen molar-refractivity contribution in [3.8, 4) is 0 Å². The molecule has 1 aliphatic heterocycles. The Balaban J connectivity index is 1.73. The Kier molecular flexibility index (Phi) is 4.62. The Hall–Kier alpha value is -1.62. The molecule has 0 saturated carbocycles. The Morgan fingerprint density at radius 1 is 1.09 bits per heavy atom. The van der Waals surface area contributed by atoms with Gasteiger partial charge in [0.15, 0.2) is 0 Å².